The van der Waals surface area contributed by atoms with E-state index in [4.69, 9.17) is 4.74 Å². The molecule has 168 valence electrons. The minimum absolute atomic E-state index is 0.0479. The summed E-state index contributed by atoms with van der Waals surface area (Å²) in [5, 5.41) is 11.2. The van der Waals surface area contributed by atoms with Gasteiger partial charge in [-0.25, -0.2) is 4.39 Å². The molecular formula is C26H23FN2O4. The van der Waals surface area contributed by atoms with Gasteiger partial charge in [-0.15, -0.1) is 0 Å². The van der Waals surface area contributed by atoms with E-state index in [2.05, 4.69) is 4.98 Å². The summed E-state index contributed by atoms with van der Waals surface area (Å²) in [4.78, 5) is 31.5. The number of hydrogen-bond acceptors (Lipinski definition) is 5. The molecule has 0 spiro atoms. The third kappa shape index (κ3) is 4.62. The average molecular weight is 446 g/mol. The number of nitrogens with zero attached hydrogens (tertiary/aromatic N) is 2. The van der Waals surface area contributed by atoms with E-state index in [1.165, 1.54) is 29.2 Å². The summed E-state index contributed by atoms with van der Waals surface area (Å²) >= 11 is 0. The number of carbonyl (C=O) groups excluding carboxylic acids is 2. The maximum absolute atomic E-state index is 13.6. The van der Waals surface area contributed by atoms with Crippen molar-refractivity contribution in [3.63, 3.8) is 0 Å². The molecule has 1 aliphatic heterocycles. The van der Waals surface area contributed by atoms with E-state index >= 15 is 0 Å². The third-order valence-electron chi connectivity index (χ3n) is 5.41. The lowest BCUT2D eigenvalue weighted by molar-refractivity contribution is -0.140. The Bertz CT molecular complexity index is 1190. The first-order valence-electron chi connectivity index (χ1n) is 10.7. The van der Waals surface area contributed by atoms with Crippen LogP contribution >= 0.6 is 0 Å². The van der Waals surface area contributed by atoms with Gasteiger partial charge in [0.15, 0.2) is 0 Å². The highest BCUT2D eigenvalue weighted by molar-refractivity contribution is 6.46. The number of rotatable bonds is 7. The van der Waals surface area contributed by atoms with E-state index in [1.807, 2.05) is 6.92 Å². The van der Waals surface area contributed by atoms with E-state index in [9.17, 15) is 19.1 Å². The van der Waals surface area contributed by atoms with E-state index < -0.39 is 23.5 Å². The van der Waals surface area contributed by atoms with E-state index in [0.29, 0.717) is 23.5 Å². The summed E-state index contributed by atoms with van der Waals surface area (Å²) in [6.45, 7) is 2.62. The van der Waals surface area contributed by atoms with Crippen LogP contribution in [0.5, 0.6) is 5.75 Å². The molecule has 0 saturated carbocycles. The molecular weight excluding hydrogens is 423 g/mol. The van der Waals surface area contributed by atoms with Gasteiger partial charge in [0, 0.05) is 24.5 Å². The van der Waals surface area contributed by atoms with Crippen molar-refractivity contribution in [1.29, 1.82) is 0 Å². The maximum atomic E-state index is 13.6. The predicted octanol–water partition coefficient (Wildman–Crippen LogP) is 4.63. The van der Waals surface area contributed by atoms with Gasteiger partial charge in [0.1, 0.15) is 17.3 Å². The van der Waals surface area contributed by atoms with Crippen LogP contribution in [0.3, 0.4) is 0 Å². The van der Waals surface area contributed by atoms with Crippen molar-refractivity contribution < 1.29 is 23.8 Å². The second-order valence-electron chi connectivity index (χ2n) is 7.71. The third-order valence-corrected chi connectivity index (χ3v) is 5.41. The number of aromatic nitrogens is 1. The molecule has 1 unspecified atom stereocenters. The lowest BCUT2D eigenvalue weighted by Gasteiger charge is -2.25. The van der Waals surface area contributed by atoms with Gasteiger partial charge < -0.3 is 14.7 Å². The van der Waals surface area contributed by atoms with Crippen LogP contribution in [0.1, 0.15) is 36.1 Å². The fourth-order valence-corrected chi connectivity index (χ4v) is 3.83. The first-order valence-corrected chi connectivity index (χ1v) is 10.7. The Balaban J connectivity index is 1.81. The van der Waals surface area contributed by atoms with Gasteiger partial charge in [-0.05, 0) is 53.9 Å². The molecule has 1 aromatic heterocycles. The number of carbonyl (C=O) groups is 2. The number of ketones is 1. The second kappa shape index (κ2) is 9.65. The zero-order valence-corrected chi connectivity index (χ0v) is 18.1. The molecule has 1 N–H and O–H groups in total. The van der Waals surface area contributed by atoms with E-state index in [-0.39, 0.29) is 17.9 Å². The SMILES string of the molecule is CCCOc1cccc(/C(O)=C2/C(=O)C(=O)N(Cc3ccncc3)C2c2ccc(F)cc2)c1. The Kier molecular flexibility index (Phi) is 6.49. The van der Waals surface area contributed by atoms with Crippen molar-refractivity contribution in [3.05, 3.63) is 101 Å². The molecule has 2 heterocycles. The summed E-state index contributed by atoms with van der Waals surface area (Å²) < 4.78 is 19.2. The molecule has 33 heavy (non-hydrogen) atoms. The molecule has 0 radical (unpaired) electrons. The summed E-state index contributed by atoms with van der Waals surface area (Å²) in [6.07, 6.45) is 4.02. The zero-order chi connectivity index (χ0) is 23.4. The second-order valence-corrected chi connectivity index (χ2v) is 7.71. The number of halogens is 1. The van der Waals surface area contributed by atoms with Crippen molar-refractivity contribution in [2.24, 2.45) is 0 Å². The Morgan fingerprint density at radius 2 is 1.82 bits per heavy atom. The number of aliphatic hydroxyl groups is 1. The first-order chi connectivity index (χ1) is 16.0. The Hall–Kier alpha value is -4.00. The van der Waals surface area contributed by atoms with Gasteiger partial charge in [0.25, 0.3) is 11.7 Å². The van der Waals surface area contributed by atoms with Crippen LogP contribution in [-0.4, -0.2) is 33.3 Å². The van der Waals surface area contributed by atoms with Gasteiger partial charge in [-0.1, -0.05) is 31.2 Å². The van der Waals surface area contributed by atoms with Crippen molar-refractivity contribution in [3.8, 4) is 5.75 Å². The van der Waals surface area contributed by atoms with Gasteiger partial charge in [-0.3, -0.25) is 14.6 Å². The number of pyridine rings is 1. The maximum Gasteiger partial charge on any atom is 0.295 e. The quantitative estimate of drug-likeness (QED) is 0.325. The molecule has 1 atom stereocenters. The molecule has 2 aromatic carbocycles. The lowest BCUT2D eigenvalue weighted by Crippen LogP contribution is -2.29. The van der Waals surface area contributed by atoms with Crippen molar-refractivity contribution >= 4 is 17.4 Å². The Morgan fingerprint density at radius 3 is 2.52 bits per heavy atom. The van der Waals surface area contributed by atoms with Crippen LogP contribution in [0, 0.1) is 5.82 Å². The number of Topliss-reactive ketones (excluding diaryl/α,β-unsaturated/α-hetero) is 1. The van der Waals surface area contributed by atoms with E-state index in [1.54, 1.807) is 48.8 Å². The summed E-state index contributed by atoms with van der Waals surface area (Å²) in [5.74, 6) is -1.73. The normalized spacial score (nSPS) is 17.4. The van der Waals surface area contributed by atoms with Crippen LogP contribution in [-0.2, 0) is 16.1 Å². The Morgan fingerprint density at radius 1 is 1.09 bits per heavy atom. The molecule has 1 fully saturated rings. The molecule has 7 heteroatoms. The van der Waals surface area contributed by atoms with E-state index in [0.717, 1.165) is 12.0 Å². The van der Waals surface area contributed by atoms with Crippen molar-refractivity contribution in [2.45, 2.75) is 25.9 Å². The smallest absolute Gasteiger partial charge is 0.295 e. The molecule has 0 aliphatic carbocycles. The highest BCUT2D eigenvalue weighted by Crippen LogP contribution is 2.40. The zero-order valence-electron chi connectivity index (χ0n) is 18.1. The Labute approximate surface area is 191 Å². The van der Waals surface area contributed by atoms with Crippen molar-refractivity contribution in [1.82, 2.24) is 9.88 Å². The fourth-order valence-electron chi connectivity index (χ4n) is 3.83. The molecule has 1 amide bonds. The molecule has 4 rings (SSSR count). The summed E-state index contributed by atoms with van der Waals surface area (Å²) in [5.41, 5.74) is 1.60. The van der Waals surface area contributed by atoms with Crippen LogP contribution in [0.25, 0.3) is 5.76 Å². The number of benzene rings is 2. The van der Waals surface area contributed by atoms with Gasteiger partial charge in [0.2, 0.25) is 0 Å². The monoisotopic (exact) mass is 446 g/mol. The molecule has 3 aromatic rings. The molecule has 6 nitrogen and oxygen atoms in total. The topological polar surface area (TPSA) is 79.7 Å². The number of hydrogen-bond donors (Lipinski definition) is 1. The highest BCUT2D eigenvalue weighted by atomic mass is 19.1. The number of likely N-dealkylation sites (tertiary alicyclic amines) is 1. The first kappa shape index (κ1) is 22.2. The fraction of sp³-hybridized carbons (Fsp3) is 0.192. The van der Waals surface area contributed by atoms with Crippen molar-refractivity contribution in [2.75, 3.05) is 6.61 Å². The van der Waals surface area contributed by atoms with Crippen LogP contribution in [0.2, 0.25) is 0 Å². The van der Waals surface area contributed by atoms with Gasteiger partial charge in [0.05, 0.1) is 18.2 Å². The van der Waals surface area contributed by atoms with Gasteiger partial charge >= 0.3 is 0 Å². The largest absolute Gasteiger partial charge is 0.507 e. The lowest BCUT2D eigenvalue weighted by atomic mass is 9.95. The summed E-state index contributed by atoms with van der Waals surface area (Å²) in [7, 11) is 0. The summed E-state index contributed by atoms with van der Waals surface area (Å²) in [6, 6.07) is 14.9. The standard InChI is InChI=1S/C26H23FN2O4/c1-2-14-33-21-5-3-4-19(15-21)24(30)22-23(18-6-8-20(27)9-7-18)29(26(32)25(22)31)16-17-10-12-28-13-11-17/h3-13,15,23,30H,2,14,16H2,1H3/b24-22-. The average Bonchev–Trinajstić information content (AvgIpc) is 3.08. The predicted molar refractivity (Wildman–Crippen MR) is 121 cm³/mol. The number of ether oxygens (including phenoxy) is 1. The minimum Gasteiger partial charge on any atom is -0.507 e. The minimum atomic E-state index is -0.876. The van der Waals surface area contributed by atoms with Crippen LogP contribution in [0.4, 0.5) is 4.39 Å². The van der Waals surface area contributed by atoms with Crippen LogP contribution < -0.4 is 4.74 Å². The highest BCUT2D eigenvalue weighted by Gasteiger charge is 2.46. The molecule has 1 saturated heterocycles. The number of aliphatic hydroxyl groups excluding tert-OH is 1. The molecule has 0 bridgehead atoms. The van der Waals surface area contributed by atoms with Crippen LogP contribution in [0.15, 0.2) is 78.6 Å². The van der Waals surface area contributed by atoms with Gasteiger partial charge in [-0.2, -0.15) is 0 Å². The number of amides is 1. The molecule has 1 aliphatic rings.